The lowest BCUT2D eigenvalue weighted by atomic mass is 10.2. The van der Waals surface area contributed by atoms with Crippen LogP contribution in [0.2, 0.25) is 5.02 Å². The van der Waals surface area contributed by atoms with E-state index in [1.807, 2.05) is 6.07 Å². The number of ether oxygens (including phenoxy) is 1. The molecule has 2 nitrogen and oxygen atoms in total. The summed E-state index contributed by atoms with van der Waals surface area (Å²) in [6.45, 7) is 2.15. The summed E-state index contributed by atoms with van der Waals surface area (Å²) in [5, 5.41) is 0.578. The van der Waals surface area contributed by atoms with Gasteiger partial charge < -0.3 is 4.74 Å². The molecular weight excluding hydrogens is 429 g/mol. The molecule has 0 amide bonds. The normalized spacial score (nSPS) is 10.0. The summed E-state index contributed by atoms with van der Waals surface area (Å²) in [6, 6.07) is 3.50. The number of hydrogen-bond acceptors (Lipinski definition) is 2. The topological polar surface area (TPSA) is 26.3 Å². The van der Waals surface area contributed by atoms with Gasteiger partial charge in [0.25, 0.3) is 0 Å². The Labute approximate surface area is 115 Å². The maximum absolute atomic E-state index is 11.4. The summed E-state index contributed by atoms with van der Waals surface area (Å²) >= 11 is 10.1. The fraction of sp³-hybridized carbons (Fsp3) is 0.222. The van der Waals surface area contributed by atoms with E-state index in [9.17, 15) is 4.79 Å². The van der Waals surface area contributed by atoms with Crippen LogP contribution in [0.1, 0.15) is 17.3 Å². The van der Waals surface area contributed by atoms with Crippen LogP contribution in [0, 0.1) is 7.14 Å². The molecule has 0 N–H and O–H groups in total. The van der Waals surface area contributed by atoms with Crippen LogP contribution < -0.4 is 0 Å². The van der Waals surface area contributed by atoms with Crippen molar-refractivity contribution in [2.75, 3.05) is 6.61 Å². The Morgan fingerprint density at radius 3 is 2.64 bits per heavy atom. The third-order valence-electron chi connectivity index (χ3n) is 1.51. The van der Waals surface area contributed by atoms with E-state index in [4.69, 9.17) is 16.3 Å². The van der Waals surface area contributed by atoms with Crippen LogP contribution in [0.5, 0.6) is 0 Å². The molecule has 0 fully saturated rings. The minimum atomic E-state index is -0.324. The Bertz CT molecular complexity index is 366. The van der Waals surface area contributed by atoms with Gasteiger partial charge in [0.1, 0.15) is 0 Å². The number of carbonyl (C=O) groups is 1. The molecule has 0 aliphatic rings. The summed E-state index contributed by atoms with van der Waals surface area (Å²) in [6.07, 6.45) is 0. The van der Waals surface area contributed by atoms with Crippen LogP contribution in [0.3, 0.4) is 0 Å². The van der Waals surface area contributed by atoms with Crippen molar-refractivity contribution in [1.82, 2.24) is 0 Å². The Hall–Kier alpha value is 0.440. The summed E-state index contributed by atoms with van der Waals surface area (Å²) < 4.78 is 6.69. The first-order chi connectivity index (χ1) is 6.56. The van der Waals surface area contributed by atoms with Crippen molar-refractivity contribution in [3.05, 3.63) is 29.9 Å². The number of halogens is 3. The number of esters is 1. The van der Waals surface area contributed by atoms with Gasteiger partial charge in [0, 0.05) is 7.14 Å². The molecule has 0 spiro atoms. The molecule has 0 unspecified atom stereocenters. The molecule has 0 saturated carbocycles. The Balaban J connectivity index is 3.09. The molecule has 1 aromatic rings. The van der Waals surface area contributed by atoms with Gasteiger partial charge in [0.2, 0.25) is 0 Å². The average molecular weight is 436 g/mol. The predicted octanol–water partition coefficient (Wildman–Crippen LogP) is 3.73. The van der Waals surface area contributed by atoms with Crippen molar-refractivity contribution >= 4 is 62.8 Å². The first-order valence-corrected chi connectivity index (χ1v) is 6.41. The molecule has 1 aromatic carbocycles. The molecule has 5 heteroatoms. The van der Waals surface area contributed by atoms with Crippen molar-refractivity contribution in [3.8, 4) is 0 Å². The number of carbonyl (C=O) groups excluding carboxylic acids is 1. The van der Waals surface area contributed by atoms with Gasteiger partial charge >= 0.3 is 5.97 Å². The second-order valence-electron chi connectivity index (χ2n) is 2.47. The van der Waals surface area contributed by atoms with Crippen LogP contribution in [0.4, 0.5) is 0 Å². The smallest absolute Gasteiger partial charge is 0.339 e. The number of benzene rings is 1. The van der Waals surface area contributed by atoms with Gasteiger partial charge in [-0.1, -0.05) is 11.6 Å². The molecular formula is C9H7ClI2O2. The highest BCUT2D eigenvalue weighted by atomic mass is 127. The summed E-state index contributed by atoms with van der Waals surface area (Å²) in [7, 11) is 0. The van der Waals surface area contributed by atoms with Gasteiger partial charge in [-0.3, -0.25) is 0 Å². The van der Waals surface area contributed by atoms with E-state index >= 15 is 0 Å². The fourth-order valence-electron chi connectivity index (χ4n) is 0.888. The highest BCUT2D eigenvalue weighted by Crippen LogP contribution is 2.24. The van der Waals surface area contributed by atoms with Crippen LogP contribution in [0.15, 0.2) is 12.1 Å². The van der Waals surface area contributed by atoms with Crippen LogP contribution >= 0.6 is 56.8 Å². The van der Waals surface area contributed by atoms with Crippen molar-refractivity contribution < 1.29 is 9.53 Å². The third kappa shape index (κ3) is 2.96. The maximum atomic E-state index is 11.4. The predicted molar refractivity (Wildman–Crippen MR) is 72.8 cm³/mol. The zero-order valence-corrected chi connectivity index (χ0v) is 12.4. The molecule has 14 heavy (non-hydrogen) atoms. The summed E-state index contributed by atoms with van der Waals surface area (Å²) in [5.41, 5.74) is 0.526. The van der Waals surface area contributed by atoms with E-state index in [1.165, 1.54) is 0 Å². The van der Waals surface area contributed by atoms with E-state index in [0.29, 0.717) is 17.2 Å². The molecule has 0 aliphatic heterocycles. The maximum Gasteiger partial charge on any atom is 0.339 e. The van der Waals surface area contributed by atoms with Gasteiger partial charge in [0.15, 0.2) is 0 Å². The van der Waals surface area contributed by atoms with Crippen molar-refractivity contribution in [2.45, 2.75) is 6.92 Å². The lowest BCUT2D eigenvalue weighted by Gasteiger charge is -2.05. The van der Waals surface area contributed by atoms with Gasteiger partial charge in [-0.25, -0.2) is 4.79 Å². The molecule has 76 valence electrons. The molecule has 0 saturated heterocycles. The van der Waals surface area contributed by atoms with Crippen LogP contribution in [0.25, 0.3) is 0 Å². The Morgan fingerprint density at radius 1 is 1.43 bits per heavy atom. The van der Waals surface area contributed by atoms with Gasteiger partial charge in [-0.15, -0.1) is 0 Å². The standard InChI is InChI=1S/C9H7ClI2O2/c1-2-14-9(13)5-3-6(10)8(12)4-7(5)11/h3-4H,2H2,1H3. The SMILES string of the molecule is CCOC(=O)c1cc(Cl)c(I)cc1I. The van der Waals surface area contributed by atoms with Gasteiger partial charge in [-0.2, -0.15) is 0 Å². The van der Waals surface area contributed by atoms with E-state index in [-0.39, 0.29) is 5.97 Å². The second-order valence-corrected chi connectivity index (χ2v) is 5.20. The van der Waals surface area contributed by atoms with Gasteiger partial charge in [-0.05, 0) is 64.2 Å². The molecule has 0 atom stereocenters. The zero-order valence-electron chi connectivity index (χ0n) is 7.31. The molecule has 1 rings (SSSR count). The van der Waals surface area contributed by atoms with E-state index in [2.05, 4.69) is 45.2 Å². The third-order valence-corrected chi connectivity index (χ3v) is 3.92. The first-order valence-electron chi connectivity index (χ1n) is 3.88. The molecule has 0 heterocycles. The zero-order chi connectivity index (χ0) is 10.7. The van der Waals surface area contributed by atoms with Gasteiger partial charge in [0.05, 0.1) is 17.2 Å². The molecule has 0 bridgehead atoms. The first kappa shape index (κ1) is 12.5. The summed E-state index contributed by atoms with van der Waals surface area (Å²) in [4.78, 5) is 11.4. The van der Waals surface area contributed by atoms with E-state index in [1.54, 1.807) is 13.0 Å². The highest BCUT2D eigenvalue weighted by molar-refractivity contribution is 14.1. The molecule has 0 radical (unpaired) electrons. The molecule has 0 aliphatic carbocycles. The lowest BCUT2D eigenvalue weighted by Crippen LogP contribution is -2.07. The largest absolute Gasteiger partial charge is 0.462 e. The Morgan fingerprint density at radius 2 is 2.07 bits per heavy atom. The number of rotatable bonds is 2. The van der Waals surface area contributed by atoms with Crippen LogP contribution in [-0.2, 0) is 4.74 Å². The van der Waals surface area contributed by atoms with E-state index in [0.717, 1.165) is 7.14 Å². The average Bonchev–Trinajstić information content (AvgIpc) is 2.11. The quantitative estimate of drug-likeness (QED) is 0.401. The minimum Gasteiger partial charge on any atom is -0.462 e. The monoisotopic (exact) mass is 436 g/mol. The summed E-state index contributed by atoms with van der Waals surface area (Å²) in [5.74, 6) is -0.324. The molecule has 0 aromatic heterocycles. The van der Waals surface area contributed by atoms with Crippen molar-refractivity contribution in [3.63, 3.8) is 0 Å². The minimum absolute atomic E-state index is 0.324. The van der Waals surface area contributed by atoms with E-state index < -0.39 is 0 Å². The number of hydrogen-bond donors (Lipinski definition) is 0. The van der Waals surface area contributed by atoms with Crippen molar-refractivity contribution in [2.24, 2.45) is 0 Å². The second kappa shape index (κ2) is 5.50. The fourth-order valence-corrected chi connectivity index (χ4v) is 2.80. The lowest BCUT2D eigenvalue weighted by molar-refractivity contribution is 0.0525. The Kier molecular flexibility index (Phi) is 4.92. The highest BCUT2D eigenvalue weighted by Gasteiger charge is 2.13. The van der Waals surface area contributed by atoms with Crippen molar-refractivity contribution in [1.29, 1.82) is 0 Å². The van der Waals surface area contributed by atoms with Crippen LogP contribution in [-0.4, -0.2) is 12.6 Å².